The maximum Gasteiger partial charge on any atom is 0.172 e. The van der Waals surface area contributed by atoms with Crippen LogP contribution in [0.5, 0.6) is 5.75 Å². The summed E-state index contributed by atoms with van der Waals surface area (Å²) in [5.41, 5.74) is 2.48. The largest absolute Gasteiger partial charge is 0.486 e. The topological polar surface area (TPSA) is 26.3 Å². The Bertz CT molecular complexity index is 439. The first-order valence-electron chi connectivity index (χ1n) is 7.04. The van der Waals surface area contributed by atoms with E-state index in [1.807, 2.05) is 19.9 Å². The molecule has 0 bridgehead atoms. The Morgan fingerprint density at radius 2 is 1.89 bits per heavy atom. The number of aryl methyl sites for hydroxylation is 1. The minimum absolute atomic E-state index is 0.0153. The smallest absolute Gasteiger partial charge is 0.172 e. The lowest BCUT2D eigenvalue weighted by atomic mass is 9.85. The van der Waals surface area contributed by atoms with Crippen LogP contribution in [0, 0.1) is 5.92 Å². The van der Waals surface area contributed by atoms with Gasteiger partial charge in [0, 0.05) is 5.92 Å². The molecule has 0 heterocycles. The zero-order chi connectivity index (χ0) is 14.6. The van der Waals surface area contributed by atoms with Crippen LogP contribution in [-0.4, -0.2) is 12.4 Å². The summed E-state index contributed by atoms with van der Waals surface area (Å²) < 4.78 is 5.74. The second kappa shape index (κ2) is 6.23. The van der Waals surface area contributed by atoms with Crippen LogP contribution in [0.15, 0.2) is 18.2 Å². The third-order valence-corrected chi connectivity index (χ3v) is 3.27. The van der Waals surface area contributed by atoms with E-state index in [1.54, 1.807) is 0 Å². The molecule has 0 atom stereocenters. The van der Waals surface area contributed by atoms with Gasteiger partial charge >= 0.3 is 0 Å². The molecule has 0 unspecified atom stereocenters. The van der Waals surface area contributed by atoms with Crippen molar-refractivity contribution in [2.45, 2.75) is 53.4 Å². The summed E-state index contributed by atoms with van der Waals surface area (Å²) in [5, 5.41) is 0. The molecule has 2 nitrogen and oxygen atoms in total. The molecule has 0 aliphatic heterocycles. The lowest BCUT2D eigenvalue weighted by Gasteiger charge is -2.23. The summed E-state index contributed by atoms with van der Waals surface area (Å²) in [6.07, 6.45) is 1.01. The lowest BCUT2D eigenvalue weighted by Crippen LogP contribution is -2.19. The molecule has 0 aromatic heterocycles. The summed E-state index contributed by atoms with van der Waals surface area (Å²) in [6.45, 7) is 12.6. The van der Waals surface area contributed by atoms with Crippen LogP contribution in [0.3, 0.4) is 0 Å². The molecule has 19 heavy (non-hydrogen) atoms. The zero-order valence-corrected chi connectivity index (χ0v) is 13.0. The minimum Gasteiger partial charge on any atom is -0.486 e. The van der Waals surface area contributed by atoms with E-state index in [0.29, 0.717) is 0 Å². The number of ether oxygens (including phenoxy) is 1. The SMILES string of the molecule is CCc1ccc(OCC(=O)C(C)C)c(C(C)(C)C)c1. The highest BCUT2D eigenvalue weighted by Gasteiger charge is 2.20. The Labute approximate surface area is 117 Å². The number of carbonyl (C=O) groups is 1. The van der Waals surface area contributed by atoms with Gasteiger partial charge in [-0.15, -0.1) is 0 Å². The van der Waals surface area contributed by atoms with E-state index in [1.165, 1.54) is 11.1 Å². The normalized spacial score (nSPS) is 11.7. The molecule has 1 rings (SSSR count). The molecule has 0 amide bonds. The van der Waals surface area contributed by atoms with E-state index in [4.69, 9.17) is 4.74 Å². The Morgan fingerprint density at radius 1 is 1.26 bits per heavy atom. The second-order valence-electron chi connectivity index (χ2n) is 6.34. The van der Waals surface area contributed by atoms with Crippen LogP contribution >= 0.6 is 0 Å². The van der Waals surface area contributed by atoms with Crippen LogP contribution in [0.1, 0.15) is 52.7 Å². The zero-order valence-electron chi connectivity index (χ0n) is 13.0. The number of Topliss-reactive ketones (excluding diaryl/α,β-unsaturated/α-hetero) is 1. The molecule has 0 saturated heterocycles. The average molecular weight is 262 g/mol. The summed E-state index contributed by atoms with van der Waals surface area (Å²) in [7, 11) is 0. The summed E-state index contributed by atoms with van der Waals surface area (Å²) in [5.74, 6) is 0.992. The van der Waals surface area contributed by atoms with Gasteiger partial charge in [0.15, 0.2) is 5.78 Å². The van der Waals surface area contributed by atoms with E-state index >= 15 is 0 Å². The lowest BCUT2D eigenvalue weighted by molar-refractivity contribution is -0.123. The molecule has 0 radical (unpaired) electrons. The minimum atomic E-state index is 0.0153. The van der Waals surface area contributed by atoms with Crippen molar-refractivity contribution in [2.75, 3.05) is 6.61 Å². The standard InChI is InChI=1S/C17H26O2/c1-7-13-8-9-16(14(10-13)17(4,5)6)19-11-15(18)12(2)3/h8-10,12H,7,11H2,1-6H3. The van der Waals surface area contributed by atoms with E-state index in [0.717, 1.165) is 12.2 Å². The van der Waals surface area contributed by atoms with Gasteiger partial charge in [0.05, 0.1) is 0 Å². The van der Waals surface area contributed by atoms with Gasteiger partial charge in [-0.05, 0) is 29.0 Å². The van der Waals surface area contributed by atoms with E-state index in [-0.39, 0.29) is 23.7 Å². The van der Waals surface area contributed by atoms with Crippen LogP contribution in [0.25, 0.3) is 0 Å². The monoisotopic (exact) mass is 262 g/mol. The molecule has 0 spiro atoms. The van der Waals surface area contributed by atoms with Crippen molar-refractivity contribution >= 4 is 5.78 Å². The number of hydrogen-bond acceptors (Lipinski definition) is 2. The van der Waals surface area contributed by atoms with Crippen molar-refractivity contribution in [2.24, 2.45) is 5.92 Å². The molecular formula is C17H26O2. The number of ketones is 1. The molecular weight excluding hydrogens is 236 g/mol. The Hall–Kier alpha value is -1.31. The van der Waals surface area contributed by atoms with Crippen LogP contribution < -0.4 is 4.74 Å². The molecule has 2 heteroatoms. The van der Waals surface area contributed by atoms with Crippen molar-refractivity contribution in [3.05, 3.63) is 29.3 Å². The van der Waals surface area contributed by atoms with E-state index in [9.17, 15) is 4.79 Å². The molecule has 0 N–H and O–H groups in total. The summed E-state index contributed by atoms with van der Waals surface area (Å²) >= 11 is 0. The number of rotatable bonds is 5. The molecule has 1 aromatic rings. The van der Waals surface area contributed by atoms with Gasteiger partial charge in [0.25, 0.3) is 0 Å². The maximum atomic E-state index is 11.7. The molecule has 0 aliphatic rings. The summed E-state index contributed by atoms with van der Waals surface area (Å²) in [6, 6.07) is 6.26. The van der Waals surface area contributed by atoms with Gasteiger partial charge in [0.1, 0.15) is 12.4 Å². The Balaban J connectivity index is 2.97. The summed E-state index contributed by atoms with van der Waals surface area (Å²) in [4.78, 5) is 11.7. The number of benzene rings is 1. The molecule has 0 aliphatic carbocycles. The predicted octanol–water partition coefficient (Wildman–Crippen LogP) is 4.15. The molecule has 106 valence electrons. The van der Waals surface area contributed by atoms with Crippen molar-refractivity contribution in [1.82, 2.24) is 0 Å². The highest BCUT2D eigenvalue weighted by Crippen LogP contribution is 2.32. The van der Waals surface area contributed by atoms with Crippen molar-refractivity contribution in [3.8, 4) is 5.75 Å². The van der Waals surface area contributed by atoms with Gasteiger partial charge in [-0.3, -0.25) is 4.79 Å². The number of carbonyl (C=O) groups excluding carboxylic acids is 1. The van der Waals surface area contributed by atoms with E-state index < -0.39 is 0 Å². The fourth-order valence-electron chi connectivity index (χ4n) is 1.82. The Kier molecular flexibility index (Phi) is 5.16. The number of hydrogen-bond donors (Lipinski definition) is 0. The van der Waals surface area contributed by atoms with Crippen molar-refractivity contribution in [1.29, 1.82) is 0 Å². The first-order valence-corrected chi connectivity index (χ1v) is 7.04. The third-order valence-electron chi connectivity index (χ3n) is 3.27. The quantitative estimate of drug-likeness (QED) is 0.796. The average Bonchev–Trinajstić information content (AvgIpc) is 2.34. The van der Waals surface area contributed by atoms with Gasteiger partial charge in [-0.2, -0.15) is 0 Å². The predicted molar refractivity (Wildman–Crippen MR) is 79.9 cm³/mol. The highest BCUT2D eigenvalue weighted by molar-refractivity contribution is 5.81. The highest BCUT2D eigenvalue weighted by atomic mass is 16.5. The molecule has 0 saturated carbocycles. The molecule has 0 fully saturated rings. The Morgan fingerprint density at radius 3 is 2.37 bits per heavy atom. The first-order chi connectivity index (χ1) is 8.75. The van der Waals surface area contributed by atoms with Gasteiger partial charge < -0.3 is 4.74 Å². The van der Waals surface area contributed by atoms with Crippen LogP contribution in [-0.2, 0) is 16.6 Å². The fourth-order valence-corrected chi connectivity index (χ4v) is 1.82. The van der Waals surface area contributed by atoms with Gasteiger partial charge in [-0.25, -0.2) is 0 Å². The third kappa shape index (κ3) is 4.38. The van der Waals surface area contributed by atoms with Crippen molar-refractivity contribution in [3.63, 3.8) is 0 Å². The fraction of sp³-hybridized carbons (Fsp3) is 0.588. The maximum absolute atomic E-state index is 11.7. The second-order valence-corrected chi connectivity index (χ2v) is 6.34. The molecule has 1 aromatic carbocycles. The first kappa shape index (κ1) is 15.7. The van der Waals surface area contributed by atoms with Gasteiger partial charge in [0.2, 0.25) is 0 Å². The van der Waals surface area contributed by atoms with Gasteiger partial charge in [-0.1, -0.05) is 53.7 Å². The van der Waals surface area contributed by atoms with Crippen molar-refractivity contribution < 1.29 is 9.53 Å². The van der Waals surface area contributed by atoms with E-state index in [2.05, 4.69) is 39.8 Å². The van der Waals surface area contributed by atoms with Crippen LogP contribution in [0.2, 0.25) is 0 Å². The van der Waals surface area contributed by atoms with Crippen LogP contribution in [0.4, 0.5) is 0 Å².